The van der Waals surface area contributed by atoms with Gasteiger partial charge in [-0.1, -0.05) is 0 Å². The zero-order valence-electron chi connectivity index (χ0n) is 10.1. The molecule has 5 nitrogen and oxygen atoms in total. The Kier molecular flexibility index (Phi) is 2.91. The second-order valence-electron chi connectivity index (χ2n) is 4.63. The lowest BCUT2D eigenvalue weighted by atomic mass is 9.89. The van der Waals surface area contributed by atoms with Crippen molar-refractivity contribution in [3.8, 4) is 0 Å². The molecule has 1 aliphatic rings. The van der Waals surface area contributed by atoms with Crippen LogP contribution in [0.1, 0.15) is 23.9 Å². The predicted octanol–water partition coefficient (Wildman–Crippen LogP) is 1.22. The minimum Gasteiger partial charge on any atom is -0.355 e. The minimum absolute atomic E-state index is 0.0749. The Balaban J connectivity index is 2.09. The molecule has 2 N–H and O–H groups in total. The molecule has 0 saturated carbocycles. The van der Waals surface area contributed by atoms with E-state index in [1.807, 2.05) is 13.8 Å². The molecular formula is C11H15N3O2S. The van der Waals surface area contributed by atoms with Gasteiger partial charge in [0.05, 0.1) is 11.1 Å². The number of nitrogens with one attached hydrogen (secondary N) is 2. The van der Waals surface area contributed by atoms with E-state index in [0.717, 1.165) is 10.6 Å². The van der Waals surface area contributed by atoms with E-state index in [1.165, 1.54) is 11.3 Å². The number of hydrogen-bond acceptors (Lipinski definition) is 4. The number of hydrogen-bond donors (Lipinski definition) is 2. The number of carbonyl (C=O) groups excluding carboxylic acids is 2. The molecule has 0 aromatic carbocycles. The molecule has 6 heteroatoms. The van der Waals surface area contributed by atoms with Crippen molar-refractivity contribution >= 4 is 28.3 Å². The maximum atomic E-state index is 12.1. The van der Waals surface area contributed by atoms with Crippen LogP contribution < -0.4 is 10.6 Å². The Bertz CT molecular complexity index is 464. The largest absolute Gasteiger partial charge is 0.355 e. The molecule has 0 spiro atoms. The normalized spacial score (nSPS) is 23.6. The number of amides is 2. The van der Waals surface area contributed by atoms with Gasteiger partial charge in [0, 0.05) is 17.8 Å². The van der Waals surface area contributed by atoms with Gasteiger partial charge in [0.1, 0.15) is 0 Å². The van der Waals surface area contributed by atoms with Gasteiger partial charge in [-0.05, 0) is 20.8 Å². The van der Waals surface area contributed by atoms with Gasteiger partial charge in [-0.2, -0.15) is 0 Å². The number of carbonyl (C=O) groups is 2. The van der Waals surface area contributed by atoms with Gasteiger partial charge in [-0.3, -0.25) is 9.59 Å². The van der Waals surface area contributed by atoms with Gasteiger partial charge >= 0.3 is 0 Å². The van der Waals surface area contributed by atoms with Crippen molar-refractivity contribution in [3.63, 3.8) is 0 Å². The summed E-state index contributed by atoms with van der Waals surface area (Å²) in [6.45, 7) is 6.05. The average Bonchev–Trinajstić information content (AvgIpc) is 2.73. The summed E-state index contributed by atoms with van der Waals surface area (Å²) in [6, 6.07) is 0. The minimum atomic E-state index is -0.662. The Labute approximate surface area is 104 Å². The van der Waals surface area contributed by atoms with Crippen molar-refractivity contribution in [2.24, 2.45) is 5.41 Å². The maximum Gasteiger partial charge on any atom is 0.234 e. The highest BCUT2D eigenvalue weighted by molar-refractivity contribution is 7.15. The van der Waals surface area contributed by atoms with Crippen LogP contribution in [0, 0.1) is 19.3 Å². The fourth-order valence-electron chi connectivity index (χ4n) is 1.71. The summed E-state index contributed by atoms with van der Waals surface area (Å²) in [5.74, 6) is -0.223. The molecule has 1 saturated heterocycles. The van der Waals surface area contributed by atoms with Gasteiger partial charge in [0.25, 0.3) is 0 Å². The molecular weight excluding hydrogens is 238 g/mol. The van der Waals surface area contributed by atoms with Crippen LogP contribution in [0.15, 0.2) is 0 Å². The Morgan fingerprint density at radius 3 is 2.71 bits per heavy atom. The summed E-state index contributed by atoms with van der Waals surface area (Å²) in [5.41, 5.74) is 0.265. The molecule has 1 aromatic rings. The zero-order chi connectivity index (χ0) is 12.6. The number of nitrogens with zero attached hydrogens (tertiary/aromatic N) is 1. The van der Waals surface area contributed by atoms with Gasteiger partial charge in [-0.25, -0.2) is 4.98 Å². The number of rotatable bonds is 2. The van der Waals surface area contributed by atoms with Crippen LogP contribution in [0.4, 0.5) is 5.13 Å². The van der Waals surface area contributed by atoms with Crippen molar-refractivity contribution in [3.05, 3.63) is 10.6 Å². The van der Waals surface area contributed by atoms with E-state index >= 15 is 0 Å². The highest BCUT2D eigenvalue weighted by atomic mass is 32.1. The summed E-state index contributed by atoms with van der Waals surface area (Å²) >= 11 is 1.45. The first-order chi connectivity index (χ1) is 7.90. The van der Waals surface area contributed by atoms with Crippen LogP contribution in [0.25, 0.3) is 0 Å². The average molecular weight is 253 g/mol. The molecule has 92 valence electrons. The number of thiazole rings is 1. The fourth-order valence-corrected chi connectivity index (χ4v) is 2.52. The highest BCUT2D eigenvalue weighted by Gasteiger charge is 2.41. The van der Waals surface area contributed by atoms with Crippen molar-refractivity contribution in [2.75, 3.05) is 11.9 Å². The van der Waals surface area contributed by atoms with Gasteiger partial charge in [0.2, 0.25) is 11.8 Å². The number of anilines is 1. The monoisotopic (exact) mass is 253 g/mol. The second kappa shape index (κ2) is 4.10. The Morgan fingerprint density at radius 2 is 2.24 bits per heavy atom. The lowest BCUT2D eigenvalue weighted by molar-refractivity contribution is -0.126. The van der Waals surface area contributed by atoms with Crippen LogP contribution in [-0.4, -0.2) is 23.3 Å². The molecule has 2 heterocycles. The number of aromatic nitrogens is 1. The summed E-state index contributed by atoms with van der Waals surface area (Å²) in [4.78, 5) is 28.6. The first kappa shape index (κ1) is 12.0. The van der Waals surface area contributed by atoms with Crippen LogP contribution in [-0.2, 0) is 9.59 Å². The molecule has 2 rings (SSSR count). The second-order valence-corrected chi connectivity index (χ2v) is 5.83. The predicted molar refractivity (Wildman–Crippen MR) is 66.0 cm³/mol. The van der Waals surface area contributed by atoms with E-state index < -0.39 is 5.41 Å². The SMILES string of the molecule is Cc1nc(NC(=O)C2(C)CNC(=O)C2)sc1C. The molecule has 1 atom stereocenters. The van der Waals surface area contributed by atoms with Gasteiger partial charge in [-0.15, -0.1) is 11.3 Å². The third-order valence-corrected chi connectivity index (χ3v) is 4.01. The van der Waals surface area contributed by atoms with Gasteiger partial charge < -0.3 is 10.6 Å². The maximum absolute atomic E-state index is 12.1. The van der Waals surface area contributed by atoms with Crippen LogP contribution in [0.3, 0.4) is 0 Å². The molecule has 1 aliphatic heterocycles. The van der Waals surface area contributed by atoms with E-state index in [-0.39, 0.29) is 18.2 Å². The summed E-state index contributed by atoms with van der Waals surface area (Å²) in [5, 5.41) is 6.06. The molecule has 0 aliphatic carbocycles. The fraction of sp³-hybridized carbons (Fsp3) is 0.545. The third-order valence-electron chi connectivity index (χ3n) is 3.02. The van der Waals surface area contributed by atoms with Crippen LogP contribution >= 0.6 is 11.3 Å². The van der Waals surface area contributed by atoms with Crippen molar-refractivity contribution in [2.45, 2.75) is 27.2 Å². The molecule has 2 amide bonds. The highest BCUT2D eigenvalue weighted by Crippen LogP contribution is 2.29. The van der Waals surface area contributed by atoms with Crippen LogP contribution in [0.2, 0.25) is 0 Å². The van der Waals surface area contributed by atoms with E-state index in [1.54, 1.807) is 6.92 Å². The van der Waals surface area contributed by atoms with Crippen molar-refractivity contribution in [1.29, 1.82) is 0 Å². The first-order valence-corrected chi connectivity index (χ1v) is 6.24. The topological polar surface area (TPSA) is 71.1 Å². The first-order valence-electron chi connectivity index (χ1n) is 5.43. The molecule has 1 fully saturated rings. The molecule has 17 heavy (non-hydrogen) atoms. The molecule has 0 radical (unpaired) electrons. The molecule has 1 unspecified atom stereocenters. The standard InChI is InChI=1S/C11H15N3O2S/c1-6-7(2)17-10(13-6)14-9(16)11(3)4-8(15)12-5-11/h4-5H2,1-3H3,(H,12,15)(H,13,14,16). The Morgan fingerprint density at radius 1 is 1.53 bits per heavy atom. The summed E-state index contributed by atoms with van der Waals surface area (Å²) in [6.07, 6.45) is 0.238. The Hall–Kier alpha value is -1.43. The summed E-state index contributed by atoms with van der Waals surface area (Å²) < 4.78 is 0. The van der Waals surface area contributed by atoms with Crippen molar-refractivity contribution in [1.82, 2.24) is 10.3 Å². The quantitative estimate of drug-likeness (QED) is 0.832. The third kappa shape index (κ3) is 2.31. The van der Waals surface area contributed by atoms with Crippen molar-refractivity contribution < 1.29 is 9.59 Å². The van der Waals surface area contributed by atoms with E-state index in [9.17, 15) is 9.59 Å². The van der Waals surface area contributed by atoms with E-state index in [0.29, 0.717) is 11.7 Å². The number of aryl methyl sites for hydroxylation is 2. The zero-order valence-corrected chi connectivity index (χ0v) is 10.9. The lowest BCUT2D eigenvalue weighted by Crippen LogP contribution is -2.35. The summed E-state index contributed by atoms with van der Waals surface area (Å²) in [7, 11) is 0. The molecule has 0 bridgehead atoms. The smallest absolute Gasteiger partial charge is 0.234 e. The molecule has 1 aromatic heterocycles. The van der Waals surface area contributed by atoms with E-state index in [2.05, 4.69) is 15.6 Å². The van der Waals surface area contributed by atoms with Crippen LogP contribution in [0.5, 0.6) is 0 Å². The van der Waals surface area contributed by atoms with Gasteiger partial charge in [0.15, 0.2) is 5.13 Å². The van der Waals surface area contributed by atoms with E-state index in [4.69, 9.17) is 0 Å². The lowest BCUT2D eigenvalue weighted by Gasteiger charge is -2.19.